The molecular weight excluding hydrogens is 242 g/mol. The third-order valence-electron chi connectivity index (χ3n) is 3.64. The summed E-state index contributed by atoms with van der Waals surface area (Å²) in [5.74, 6) is 0. The van der Waals surface area contributed by atoms with Crippen molar-refractivity contribution in [2.45, 2.75) is 0 Å². The molecule has 1 nitrogen and oxygen atoms in total. The average molecular weight is 254 g/mol. The first-order chi connectivity index (χ1) is 9.92. The fourth-order valence-electron chi connectivity index (χ4n) is 2.63. The zero-order valence-electron chi connectivity index (χ0n) is 10.9. The number of aromatic nitrogens is 1. The zero-order chi connectivity index (χ0) is 13.4. The summed E-state index contributed by atoms with van der Waals surface area (Å²) in [6.45, 7) is 0. The third-order valence-corrected chi connectivity index (χ3v) is 3.64. The van der Waals surface area contributed by atoms with Crippen molar-refractivity contribution in [2.24, 2.45) is 0 Å². The molecule has 0 aliphatic carbocycles. The molecule has 0 bridgehead atoms. The maximum Gasteiger partial charge on any atom is 0.0708 e. The Morgan fingerprint density at radius 1 is 0.750 bits per heavy atom. The maximum atomic E-state index is 4.54. The van der Waals surface area contributed by atoms with Gasteiger partial charge in [0.1, 0.15) is 0 Å². The van der Waals surface area contributed by atoms with Crippen LogP contribution in [0.5, 0.6) is 0 Å². The highest BCUT2D eigenvalue weighted by atomic mass is 14.6. The summed E-state index contributed by atoms with van der Waals surface area (Å²) in [5.41, 5.74) is 3.46. The Balaban J connectivity index is 1.99. The van der Waals surface area contributed by atoms with E-state index in [2.05, 4.69) is 59.6 Å². The van der Waals surface area contributed by atoms with Gasteiger partial charge in [-0.05, 0) is 34.7 Å². The lowest BCUT2D eigenvalue weighted by Crippen LogP contribution is -1.83. The predicted octanol–water partition coefficient (Wildman–Crippen LogP) is 4.86. The van der Waals surface area contributed by atoms with Gasteiger partial charge < -0.3 is 0 Å². The van der Waals surface area contributed by atoms with Gasteiger partial charge in [0.2, 0.25) is 0 Å². The summed E-state index contributed by atoms with van der Waals surface area (Å²) in [6, 6.07) is 25.9. The Morgan fingerprint density at radius 2 is 1.60 bits per heavy atom. The molecule has 1 radical (unpaired) electrons. The standard InChI is InChI=1S/C19H12N/c1-2-6-14(7-3-1)15-10-11-17-16(12-15)13-20-19-9-5-4-8-18(17)19/h2-13H. The number of benzene rings is 3. The van der Waals surface area contributed by atoms with E-state index in [1.807, 2.05) is 24.4 Å². The van der Waals surface area contributed by atoms with Gasteiger partial charge in [-0.2, -0.15) is 0 Å². The minimum Gasteiger partial charge on any atom is -0.256 e. The highest BCUT2D eigenvalue weighted by Crippen LogP contribution is 2.28. The summed E-state index contributed by atoms with van der Waals surface area (Å²) in [4.78, 5) is 4.54. The number of pyridine rings is 1. The lowest BCUT2D eigenvalue weighted by molar-refractivity contribution is 1.44. The number of para-hydroxylation sites is 1. The average Bonchev–Trinajstić information content (AvgIpc) is 2.55. The molecule has 0 saturated carbocycles. The summed E-state index contributed by atoms with van der Waals surface area (Å²) in [7, 11) is 0. The smallest absolute Gasteiger partial charge is 0.0708 e. The lowest BCUT2D eigenvalue weighted by Gasteiger charge is -2.06. The Bertz CT molecular complexity index is 895. The number of rotatable bonds is 1. The summed E-state index contributed by atoms with van der Waals surface area (Å²) in [6.07, 6.45) is 1.95. The Hall–Kier alpha value is -2.67. The molecule has 0 aliphatic rings. The van der Waals surface area contributed by atoms with Crippen molar-refractivity contribution in [1.82, 2.24) is 4.98 Å². The minimum atomic E-state index is 1.04. The number of nitrogens with zero attached hydrogens (tertiary/aromatic N) is 1. The quantitative estimate of drug-likeness (QED) is 0.442. The van der Waals surface area contributed by atoms with Gasteiger partial charge in [0.25, 0.3) is 0 Å². The zero-order valence-corrected chi connectivity index (χ0v) is 10.9. The van der Waals surface area contributed by atoms with E-state index in [1.165, 1.54) is 27.3 Å². The molecule has 93 valence electrons. The van der Waals surface area contributed by atoms with Gasteiger partial charge in [-0.3, -0.25) is 4.98 Å². The molecule has 4 aromatic rings. The Morgan fingerprint density at radius 3 is 2.50 bits per heavy atom. The Kier molecular flexibility index (Phi) is 2.49. The van der Waals surface area contributed by atoms with Crippen molar-refractivity contribution in [1.29, 1.82) is 0 Å². The topological polar surface area (TPSA) is 12.9 Å². The highest BCUT2D eigenvalue weighted by molar-refractivity contribution is 6.06. The predicted molar refractivity (Wildman–Crippen MR) is 83.5 cm³/mol. The maximum absolute atomic E-state index is 4.54. The molecule has 1 heteroatoms. The van der Waals surface area contributed by atoms with Crippen LogP contribution in [0, 0.1) is 6.07 Å². The largest absolute Gasteiger partial charge is 0.256 e. The van der Waals surface area contributed by atoms with E-state index < -0.39 is 0 Å². The van der Waals surface area contributed by atoms with E-state index in [-0.39, 0.29) is 0 Å². The van der Waals surface area contributed by atoms with E-state index in [4.69, 9.17) is 0 Å². The fraction of sp³-hybridized carbons (Fsp3) is 0. The van der Waals surface area contributed by atoms with Crippen molar-refractivity contribution in [3.63, 3.8) is 0 Å². The molecule has 0 amide bonds. The van der Waals surface area contributed by atoms with Gasteiger partial charge in [-0.25, -0.2) is 0 Å². The summed E-state index contributed by atoms with van der Waals surface area (Å²) < 4.78 is 0. The van der Waals surface area contributed by atoms with Crippen LogP contribution in [0.3, 0.4) is 0 Å². The molecule has 4 rings (SSSR count). The van der Waals surface area contributed by atoms with E-state index >= 15 is 0 Å². The Labute approximate surface area is 117 Å². The minimum absolute atomic E-state index is 1.04. The van der Waals surface area contributed by atoms with Crippen LogP contribution in [0.1, 0.15) is 0 Å². The van der Waals surface area contributed by atoms with Crippen LogP contribution in [-0.2, 0) is 0 Å². The van der Waals surface area contributed by atoms with Crippen molar-refractivity contribution in [2.75, 3.05) is 0 Å². The van der Waals surface area contributed by atoms with Crippen molar-refractivity contribution < 1.29 is 0 Å². The highest BCUT2D eigenvalue weighted by Gasteiger charge is 2.03. The van der Waals surface area contributed by atoms with Crippen LogP contribution < -0.4 is 0 Å². The first-order valence-corrected chi connectivity index (χ1v) is 6.66. The molecule has 0 unspecified atom stereocenters. The van der Waals surface area contributed by atoms with Crippen LogP contribution in [0.4, 0.5) is 0 Å². The first-order valence-electron chi connectivity index (χ1n) is 6.66. The van der Waals surface area contributed by atoms with Crippen molar-refractivity contribution >= 4 is 21.7 Å². The first kappa shape index (κ1) is 11.2. The second-order valence-electron chi connectivity index (χ2n) is 4.87. The third kappa shape index (κ3) is 1.76. The molecule has 1 heterocycles. The SMILES string of the molecule is [c]1ccc(-c2ccc3c(cnc4ccccc43)c2)cc1. The van der Waals surface area contributed by atoms with Gasteiger partial charge in [0, 0.05) is 17.0 Å². The van der Waals surface area contributed by atoms with Crippen LogP contribution in [-0.4, -0.2) is 4.98 Å². The number of hydrogen-bond acceptors (Lipinski definition) is 1. The molecule has 0 saturated heterocycles. The molecule has 0 fully saturated rings. The van der Waals surface area contributed by atoms with Gasteiger partial charge >= 0.3 is 0 Å². The van der Waals surface area contributed by atoms with Gasteiger partial charge in [0.05, 0.1) is 5.52 Å². The van der Waals surface area contributed by atoms with Crippen LogP contribution >= 0.6 is 0 Å². The number of hydrogen-bond donors (Lipinski definition) is 0. The van der Waals surface area contributed by atoms with Crippen LogP contribution in [0.2, 0.25) is 0 Å². The second kappa shape index (κ2) is 4.46. The van der Waals surface area contributed by atoms with Crippen LogP contribution in [0.25, 0.3) is 32.8 Å². The van der Waals surface area contributed by atoms with Gasteiger partial charge in [-0.15, -0.1) is 0 Å². The van der Waals surface area contributed by atoms with Crippen LogP contribution in [0.15, 0.2) is 72.9 Å². The molecule has 20 heavy (non-hydrogen) atoms. The molecule has 0 aliphatic heterocycles. The number of fused-ring (bicyclic) bond motifs is 3. The monoisotopic (exact) mass is 254 g/mol. The van der Waals surface area contributed by atoms with Crippen molar-refractivity contribution in [3.8, 4) is 11.1 Å². The van der Waals surface area contributed by atoms with E-state index in [1.54, 1.807) is 0 Å². The second-order valence-corrected chi connectivity index (χ2v) is 4.87. The molecule has 3 aromatic carbocycles. The van der Waals surface area contributed by atoms with Gasteiger partial charge in [0.15, 0.2) is 0 Å². The molecule has 0 N–H and O–H groups in total. The normalized spacial score (nSPS) is 11.0. The molecular formula is C19H12N. The summed E-state index contributed by atoms with van der Waals surface area (Å²) in [5, 5.41) is 3.63. The van der Waals surface area contributed by atoms with E-state index in [9.17, 15) is 0 Å². The van der Waals surface area contributed by atoms with E-state index in [0.29, 0.717) is 0 Å². The molecule has 0 atom stereocenters. The molecule has 1 aromatic heterocycles. The molecule has 0 spiro atoms. The fourth-order valence-corrected chi connectivity index (χ4v) is 2.63. The lowest BCUT2D eigenvalue weighted by atomic mass is 10.0. The van der Waals surface area contributed by atoms with Crippen molar-refractivity contribution in [3.05, 3.63) is 79.0 Å². The van der Waals surface area contributed by atoms with E-state index in [0.717, 1.165) is 5.52 Å². The van der Waals surface area contributed by atoms with Gasteiger partial charge in [-0.1, -0.05) is 54.6 Å². The summed E-state index contributed by atoms with van der Waals surface area (Å²) >= 11 is 0.